The van der Waals surface area contributed by atoms with Gasteiger partial charge in [-0.25, -0.2) is 9.38 Å². The minimum atomic E-state index is -0.419. The Kier molecular flexibility index (Phi) is 4.29. The number of hydrogen-bond donors (Lipinski definition) is 2. The lowest BCUT2D eigenvalue weighted by Crippen LogP contribution is -2.36. The van der Waals surface area contributed by atoms with E-state index < -0.39 is 5.82 Å². The van der Waals surface area contributed by atoms with E-state index in [1.165, 1.54) is 24.4 Å². The summed E-state index contributed by atoms with van der Waals surface area (Å²) in [5, 5.41) is 10.3. The molecule has 1 aromatic carbocycles. The summed E-state index contributed by atoms with van der Waals surface area (Å²) < 4.78 is 14.1. The molecule has 0 fully saturated rings. The second-order valence-corrected chi connectivity index (χ2v) is 5.20. The van der Waals surface area contributed by atoms with Crippen molar-refractivity contribution in [2.45, 2.75) is 0 Å². The zero-order valence-electron chi connectivity index (χ0n) is 13.0. The average Bonchev–Trinajstić information content (AvgIpc) is 3.07. The van der Waals surface area contributed by atoms with Crippen LogP contribution in [0.4, 0.5) is 10.1 Å². The summed E-state index contributed by atoms with van der Waals surface area (Å²) in [7, 11) is 0. The fourth-order valence-electron chi connectivity index (χ4n) is 2.62. The monoisotopic (exact) mass is 324 g/mol. The number of rotatable bonds is 4. The van der Waals surface area contributed by atoms with Gasteiger partial charge < -0.3 is 15.7 Å². The van der Waals surface area contributed by atoms with Gasteiger partial charge in [0.25, 0.3) is 0 Å². The zero-order valence-corrected chi connectivity index (χ0v) is 13.0. The van der Waals surface area contributed by atoms with E-state index in [1.54, 1.807) is 24.3 Å². The van der Waals surface area contributed by atoms with Crippen molar-refractivity contribution in [3.63, 3.8) is 0 Å². The SMILES string of the molecule is C=CC(=C\C=C/N)/C(O)=C/C1=Nc2c(F)cccc2C2=NCCN12. The number of amidine groups is 2. The third-order valence-corrected chi connectivity index (χ3v) is 3.74. The zero-order chi connectivity index (χ0) is 17.1. The first-order chi connectivity index (χ1) is 11.7. The van der Waals surface area contributed by atoms with Gasteiger partial charge in [0.15, 0.2) is 0 Å². The molecule has 0 saturated carbocycles. The number of halogens is 1. The first-order valence-corrected chi connectivity index (χ1v) is 7.47. The standard InChI is InChI=1S/C18H17FN4O/c1-2-12(5-4-8-20)15(24)11-16-22-17-13(6-3-7-14(17)19)18-21-9-10-23(16)18/h2-8,11,24H,1,9-10,20H2/b8-4-,12-5+,15-11-. The molecular weight excluding hydrogens is 307 g/mol. The van der Waals surface area contributed by atoms with Gasteiger partial charge >= 0.3 is 0 Å². The molecule has 3 N–H and O–H groups in total. The van der Waals surface area contributed by atoms with Crippen LogP contribution in [0, 0.1) is 5.82 Å². The highest BCUT2D eigenvalue weighted by molar-refractivity contribution is 6.19. The maximum absolute atomic E-state index is 14.1. The minimum absolute atomic E-state index is 0.0344. The van der Waals surface area contributed by atoms with Crippen molar-refractivity contribution in [2.24, 2.45) is 15.7 Å². The fraction of sp³-hybridized carbons (Fsp3) is 0.111. The number of allylic oxidation sites excluding steroid dienone is 3. The summed E-state index contributed by atoms with van der Waals surface area (Å²) in [5.74, 6) is 0.654. The van der Waals surface area contributed by atoms with Gasteiger partial charge in [-0.1, -0.05) is 18.7 Å². The molecule has 0 spiro atoms. The Morgan fingerprint density at radius 1 is 1.42 bits per heavy atom. The summed E-state index contributed by atoms with van der Waals surface area (Å²) in [6.07, 6.45) is 7.54. The molecule has 0 atom stereocenters. The number of aliphatic imine (C=N–C) groups is 2. The number of nitrogens with zero attached hydrogens (tertiary/aromatic N) is 3. The Hall–Kier alpha value is -3.15. The largest absolute Gasteiger partial charge is 0.507 e. The number of nitrogens with two attached hydrogens (primary N) is 1. The molecule has 5 nitrogen and oxygen atoms in total. The maximum atomic E-state index is 14.1. The molecule has 122 valence electrons. The molecule has 1 aromatic rings. The molecule has 6 heteroatoms. The van der Waals surface area contributed by atoms with Crippen LogP contribution in [0.15, 0.2) is 76.6 Å². The van der Waals surface area contributed by atoms with E-state index in [0.29, 0.717) is 35.9 Å². The van der Waals surface area contributed by atoms with Crippen molar-refractivity contribution >= 4 is 17.4 Å². The highest BCUT2D eigenvalue weighted by Crippen LogP contribution is 2.31. The van der Waals surface area contributed by atoms with Crippen LogP contribution < -0.4 is 5.73 Å². The van der Waals surface area contributed by atoms with Crippen LogP contribution >= 0.6 is 0 Å². The van der Waals surface area contributed by atoms with Gasteiger partial charge in [-0.15, -0.1) is 0 Å². The van der Waals surface area contributed by atoms with Crippen LogP contribution in [0.2, 0.25) is 0 Å². The number of para-hydroxylation sites is 1. The maximum Gasteiger partial charge on any atom is 0.149 e. The number of fused-ring (bicyclic) bond motifs is 3. The van der Waals surface area contributed by atoms with Crippen LogP contribution in [-0.4, -0.2) is 34.8 Å². The number of hydrogen-bond acceptors (Lipinski definition) is 5. The molecule has 3 rings (SSSR count). The molecule has 0 bridgehead atoms. The van der Waals surface area contributed by atoms with Gasteiger partial charge in [0, 0.05) is 23.8 Å². The van der Waals surface area contributed by atoms with Gasteiger partial charge in [0.2, 0.25) is 0 Å². The number of aliphatic hydroxyl groups excluding tert-OH is 1. The Labute approximate surface area is 139 Å². The van der Waals surface area contributed by atoms with Gasteiger partial charge in [-0.3, -0.25) is 4.99 Å². The summed E-state index contributed by atoms with van der Waals surface area (Å²) in [6.45, 7) is 4.89. The second kappa shape index (κ2) is 6.54. The van der Waals surface area contributed by atoms with E-state index in [2.05, 4.69) is 16.6 Å². The predicted octanol–water partition coefficient (Wildman–Crippen LogP) is 2.96. The topological polar surface area (TPSA) is 74.2 Å². The van der Waals surface area contributed by atoms with Crippen molar-refractivity contribution in [1.82, 2.24) is 4.90 Å². The van der Waals surface area contributed by atoms with Crippen molar-refractivity contribution in [1.29, 1.82) is 0 Å². The first-order valence-electron chi connectivity index (χ1n) is 7.47. The fourth-order valence-corrected chi connectivity index (χ4v) is 2.62. The van der Waals surface area contributed by atoms with E-state index in [0.717, 1.165) is 0 Å². The van der Waals surface area contributed by atoms with Gasteiger partial charge in [0.1, 0.15) is 28.9 Å². The molecule has 2 aliphatic heterocycles. The van der Waals surface area contributed by atoms with E-state index in [1.807, 2.05) is 4.90 Å². The van der Waals surface area contributed by atoms with Crippen LogP contribution in [0.3, 0.4) is 0 Å². The van der Waals surface area contributed by atoms with Crippen LogP contribution in [0.25, 0.3) is 0 Å². The van der Waals surface area contributed by atoms with Crippen molar-refractivity contribution in [3.8, 4) is 0 Å². The Morgan fingerprint density at radius 3 is 3.00 bits per heavy atom. The Bertz CT molecular complexity index is 833. The minimum Gasteiger partial charge on any atom is -0.507 e. The summed E-state index contributed by atoms with van der Waals surface area (Å²) in [6, 6.07) is 4.79. The van der Waals surface area contributed by atoms with Crippen molar-refractivity contribution in [3.05, 3.63) is 78.0 Å². The molecular formula is C18H17FN4O. The molecule has 2 aliphatic rings. The number of benzene rings is 1. The molecule has 0 saturated heterocycles. The summed E-state index contributed by atoms with van der Waals surface area (Å²) >= 11 is 0. The molecule has 0 unspecified atom stereocenters. The molecule has 0 aromatic heterocycles. The normalized spacial score (nSPS) is 17.5. The Balaban J connectivity index is 2.08. The Morgan fingerprint density at radius 2 is 2.25 bits per heavy atom. The van der Waals surface area contributed by atoms with Gasteiger partial charge in [0.05, 0.1) is 6.54 Å². The van der Waals surface area contributed by atoms with E-state index in [4.69, 9.17) is 5.73 Å². The van der Waals surface area contributed by atoms with Crippen LogP contribution in [-0.2, 0) is 0 Å². The lowest BCUT2D eigenvalue weighted by molar-refractivity contribution is 0.426. The van der Waals surface area contributed by atoms with Crippen LogP contribution in [0.1, 0.15) is 5.56 Å². The highest BCUT2D eigenvalue weighted by atomic mass is 19.1. The van der Waals surface area contributed by atoms with Gasteiger partial charge in [-0.05, 0) is 30.5 Å². The van der Waals surface area contributed by atoms with Crippen molar-refractivity contribution in [2.75, 3.05) is 13.1 Å². The van der Waals surface area contributed by atoms with Gasteiger partial charge in [-0.2, -0.15) is 0 Å². The molecule has 2 heterocycles. The average molecular weight is 324 g/mol. The third-order valence-electron chi connectivity index (χ3n) is 3.74. The molecule has 0 aliphatic carbocycles. The second-order valence-electron chi connectivity index (χ2n) is 5.20. The summed E-state index contributed by atoms with van der Waals surface area (Å²) in [4.78, 5) is 10.7. The smallest absolute Gasteiger partial charge is 0.149 e. The summed E-state index contributed by atoms with van der Waals surface area (Å²) in [5.41, 5.74) is 6.69. The predicted molar refractivity (Wildman–Crippen MR) is 93.9 cm³/mol. The highest BCUT2D eigenvalue weighted by Gasteiger charge is 2.30. The van der Waals surface area contributed by atoms with E-state index in [-0.39, 0.29) is 11.4 Å². The third kappa shape index (κ3) is 2.74. The van der Waals surface area contributed by atoms with E-state index in [9.17, 15) is 9.50 Å². The lowest BCUT2D eigenvalue weighted by Gasteiger charge is -2.26. The van der Waals surface area contributed by atoms with Crippen molar-refractivity contribution < 1.29 is 9.50 Å². The quantitative estimate of drug-likeness (QED) is 0.660. The molecule has 0 radical (unpaired) electrons. The lowest BCUT2D eigenvalue weighted by atomic mass is 10.1. The molecule has 24 heavy (non-hydrogen) atoms. The number of aliphatic hydroxyl groups is 1. The van der Waals surface area contributed by atoms with E-state index >= 15 is 0 Å². The first kappa shape index (κ1) is 15.7. The van der Waals surface area contributed by atoms with Crippen LogP contribution in [0.5, 0.6) is 0 Å². The molecule has 0 amide bonds.